The van der Waals surface area contributed by atoms with E-state index >= 15 is 0 Å². The molecule has 13 N–H and O–H groups in total. The summed E-state index contributed by atoms with van der Waals surface area (Å²) in [7, 11) is 1.47. The molecule has 0 saturated carbocycles. The molecule has 0 aliphatic carbocycles. The third kappa shape index (κ3) is 18.4. The minimum atomic E-state index is -1.73. The maximum absolute atomic E-state index is 14.7. The summed E-state index contributed by atoms with van der Waals surface area (Å²) in [6.45, 7) is 6.24. The third-order valence-corrected chi connectivity index (χ3v) is 12.6. The maximum Gasteiger partial charge on any atom is 0.305 e. The van der Waals surface area contributed by atoms with Crippen LogP contribution >= 0.6 is 0 Å². The van der Waals surface area contributed by atoms with Gasteiger partial charge in [-0.15, -0.1) is 0 Å². The number of aliphatic imine (C=N–C) groups is 1. The lowest BCUT2D eigenvalue weighted by Gasteiger charge is -2.35. The number of amides is 8. The van der Waals surface area contributed by atoms with Gasteiger partial charge in [-0.1, -0.05) is 87.9 Å². The Hall–Kier alpha value is -7.14. The highest BCUT2D eigenvalue weighted by atomic mass is 16.4. The Balaban J connectivity index is 1.79. The van der Waals surface area contributed by atoms with Crippen LogP contribution in [0.4, 0.5) is 0 Å². The van der Waals surface area contributed by atoms with Gasteiger partial charge >= 0.3 is 5.97 Å². The van der Waals surface area contributed by atoms with E-state index in [-0.39, 0.29) is 69.9 Å². The number of nitrogens with one attached hydrogen (secondary N) is 7. The lowest BCUT2D eigenvalue weighted by molar-refractivity contribution is -0.148. The van der Waals surface area contributed by atoms with Gasteiger partial charge in [-0.25, -0.2) is 0 Å². The fourth-order valence-electron chi connectivity index (χ4n) is 8.78. The number of guanidine groups is 1. The smallest absolute Gasteiger partial charge is 0.305 e. The quantitative estimate of drug-likeness (QED) is 0.0584. The summed E-state index contributed by atoms with van der Waals surface area (Å²) in [5.74, 6) is -7.99. The molecular weight excluding hydrogens is 945 g/mol. The van der Waals surface area contributed by atoms with Crippen LogP contribution in [0.3, 0.4) is 0 Å². The number of benzene rings is 2. The number of aliphatic hydroxyl groups is 1. The number of hydrogen-bond donors (Lipinski definition) is 11. The van der Waals surface area contributed by atoms with E-state index in [1.807, 2.05) is 6.92 Å². The van der Waals surface area contributed by atoms with Crippen LogP contribution in [0.1, 0.15) is 90.2 Å². The van der Waals surface area contributed by atoms with Crippen LogP contribution in [0, 0.1) is 5.92 Å². The Labute approximate surface area is 425 Å². The second-order valence-electron chi connectivity index (χ2n) is 19.0. The van der Waals surface area contributed by atoms with Crippen molar-refractivity contribution in [1.29, 1.82) is 0 Å². The fraction of sp³-hybridized carbons (Fsp3) is 0.560. The number of carboxylic acid groups (broad SMARTS) is 1. The number of nitrogens with two attached hydrogens (primary N) is 2. The Bertz CT molecular complexity index is 2250. The van der Waals surface area contributed by atoms with Crippen molar-refractivity contribution in [2.45, 2.75) is 146 Å². The van der Waals surface area contributed by atoms with Crippen molar-refractivity contribution in [1.82, 2.24) is 47.0 Å². The molecular formula is C50H74N12O11. The predicted molar refractivity (Wildman–Crippen MR) is 269 cm³/mol. The van der Waals surface area contributed by atoms with Gasteiger partial charge in [0.1, 0.15) is 42.5 Å². The first-order valence-corrected chi connectivity index (χ1v) is 24.8. The van der Waals surface area contributed by atoms with Crippen LogP contribution in [0.5, 0.6) is 0 Å². The summed E-state index contributed by atoms with van der Waals surface area (Å²) in [5.41, 5.74) is 12.4. The lowest BCUT2D eigenvalue weighted by Crippen LogP contribution is -2.61. The van der Waals surface area contributed by atoms with E-state index in [1.54, 1.807) is 74.5 Å². The zero-order valence-corrected chi connectivity index (χ0v) is 42.3. The average Bonchev–Trinajstić information content (AvgIpc) is 3.84. The molecule has 0 radical (unpaired) electrons. The number of carbonyl (C=O) groups is 9. The minimum Gasteiger partial charge on any atom is -0.481 e. The molecule has 4 rings (SSSR count). The molecule has 23 heteroatoms. The topological polar surface area (TPSA) is 349 Å². The molecule has 2 fully saturated rings. The highest BCUT2D eigenvalue weighted by Gasteiger charge is 2.42. The fourth-order valence-corrected chi connectivity index (χ4v) is 8.78. The predicted octanol–water partition coefficient (Wildman–Crippen LogP) is -1.49. The molecule has 9 atom stereocenters. The van der Waals surface area contributed by atoms with Crippen molar-refractivity contribution >= 4 is 59.2 Å². The molecule has 0 bridgehead atoms. The number of carboxylic acids is 1. The average molecular weight is 1020 g/mol. The van der Waals surface area contributed by atoms with E-state index in [4.69, 9.17) is 11.5 Å². The Morgan fingerprint density at radius 3 is 1.97 bits per heavy atom. The Morgan fingerprint density at radius 2 is 1.37 bits per heavy atom. The van der Waals surface area contributed by atoms with Crippen LogP contribution in [-0.4, -0.2) is 160 Å². The number of aliphatic carboxylic acids is 1. The molecule has 0 aromatic heterocycles. The number of aliphatic hydroxyl groups excluding tert-OH is 1. The number of nitrogens with zero attached hydrogens (tertiary/aromatic N) is 3. The van der Waals surface area contributed by atoms with E-state index in [2.05, 4.69) is 42.2 Å². The number of likely N-dealkylation sites (N-methyl/N-ethyl adjacent to an activating group) is 1. The zero-order valence-electron chi connectivity index (χ0n) is 42.3. The molecule has 8 amide bonds. The van der Waals surface area contributed by atoms with E-state index in [0.717, 1.165) is 0 Å². The number of rotatable bonds is 14. The van der Waals surface area contributed by atoms with Gasteiger partial charge in [0.2, 0.25) is 47.3 Å². The van der Waals surface area contributed by atoms with E-state index in [9.17, 15) is 53.4 Å². The number of fused-ring (bicyclic) bond motifs is 1. The summed E-state index contributed by atoms with van der Waals surface area (Å²) in [6.07, 6.45) is -0.911. The first-order valence-electron chi connectivity index (χ1n) is 24.8. The van der Waals surface area contributed by atoms with E-state index in [0.29, 0.717) is 24.0 Å². The first-order chi connectivity index (χ1) is 34.7. The van der Waals surface area contributed by atoms with Crippen molar-refractivity contribution < 1.29 is 53.4 Å². The molecule has 2 aliphatic rings. The van der Waals surface area contributed by atoms with Gasteiger partial charge in [-0.3, -0.25) is 53.5 Å². The van der Waals surface area contributed by atoms with E-state index < -0.39 is 121 Å². The Kier molecular flexibility index (Phi) is 23.0. The normalized spacial score (nSPS) is 25.8. The number of carbonyl (C=O) groups excluding carboxylic acids is 8. The molecule has 73 heavy (non-hydrogen) atoms. The van der Waals surface area contributed by atoms with Crippen molar-refractivity contribution in [3.05, 3.63) is 71.8 Å². The van der Waals surface area contributed by atoms with Gasteiger partial charge in [0.05, 0.1) is 25.0 Å². The van der Waals surface area contributed by atoms with Crippen molar-refractivity contribution in [2.75, 3.05) is 26.7 Å². The zero-order chi connectivity index (χ0) is 53.8. The monoisotopic (exact) mass is 1020 g/mol. The van der Waals surface area contributed by atoms with E-state index in [1.165, 1.54) is 23.8 Å². The lowest BCUT2D eigenvalue weighted by atomic mass is 10.0. The van der Waals surface area contributed by atoms with Crippen molar-refractivity contribution in [2.24, 2.45) is 22.4 Å². The van der Waals surface area contributed by atoms with Gasteiger partial charge in [0.15, 0.2) is 5.96 Å². The minimum absolute atomic E-state index is 0.00507. The summed E-state index contributed by atoms with van der Waals surface area (Å²) < 4.78 is 0. The molecule has 1 unspecified atom stereocenters. The maximum atomic E-state index is 14.7. The van der Waals surface area contributed by atoms with Crippen LogP contribution in [0.25, 0.3) is 0 Å². The highest BCUT2D eigenvalue weighted by Crippen LogP contribution is 2.23. The van der Waals surface area contributed by atoms with Gasteiger partial charge in [-0.05, 0) is 68.9 Å². The van der Waals surface area contributed by atoms with Crippen molar-refractivity contribution in [3.8, 4) is 0 Å². The summed E-state index contributed by atoms with van der Waals surface area (Å²) in [5, 5.41) is 40.1. The molecule has 2 saturated heterocycles. The molecule has 23 nitrogen and oxygen atoms in total. The summed E-state index contributed by atoms with van der Waals surface area (Å²) >= 11 is 0. The number of hydrogen-bond acceptors (Lipinski definition) is 12. The standard InChI is InChI=1S/C50H74N12O11/c1-6-15-38-47(71)59-35(25-31-16-9-7-10-17-31)45(69)57-33(20-13-22-53-50(51)52)43(67)54-28-40(63)56-36(27-41(64)65)46(70)58-34(24-29(2)3)44(68)55-30(4)42(66)60-37(26-32-18-11-8-12-19-32)48(72)62-23-14-21-39(62)49(73)61(38)5/h7-12,16-19,29-30,33-39,45,57,69H,6,13-15,20-28H2,1-5H3,(H,54,67)(H,55,68)(H,56,63)(H,58,70)(H,59,71)(H,60,66)(H,64,65)(H4,51,52,53)/t30-,33-,34-,35-,36-,37-,38-,39+,45?/m0/s1. The van der Waals surface area contributed by atoms with Crippen LogP contribution in [0.2, 0.25) is 0 Å². The molecule has 0 spiro atoms. The Morgan fingerprint density at radius 1 is 0.753 bits per heavy atom. The van der Waals surface area contributed by atoms with Gasteiger partial charge in [0.25, 0.3) is 0 Å². The highest BCUT2D eigenvalue weighted by molar-refractivity contribution is 5.98. The van der Waals surface area contributed by atoms with Gasteiger partial charge in [0, 0.05) is 26.6 Å². The van der Waals surface area contributed by atoms with Gasteiger partial charge in [-0.2, -0.15) is 0 Å². The molecule has 2 aromatic rings. The third-order valence-electron chi connectivity index (χ3n) is 12.6. The second kappa shape index (κ2) is 28.8. The molecule has 2 aromatic carbocycles. The summed E-state index contributed by atoms with van der Waals surface area (Å²) in [6, 6.07) is 7.75. The largest absolute Gasteiger partial charge is 0.481 e. The van der Waals surface area contributed by atoms with Crippen LogP contribution in [0.15, 0.2) is 65.7 Å². The van der Waals surface area contributed by atoms with Gasteiger partial charge < -0.3 is 63.4 Å². The van der Waals surface area contributed by atoms with Crippen LogP contribution < -0.4 is 48.7 Å². The summed E-state index contributed by atoms with van der Waals surface area (Å²) in [4.78, 5) is 131. The SMILES string of the molecule is CCC[C@H]1C(=O)N[C@@H](Cc2ccccc2)C(O)N[C@@H](CCCN=C(N)N)C(=O)NCC(=O)N[C@@H](CC(=O)O)C(=O)N[C@@H](CC(C)C)C(=O)N[C@@H](C)C(=O)N[C@@H](Cc2ccccc2)C(=O)N2CCC[C@@H]2C(=O)N1C. The van der Waals surface area contributed by atoms with Crippen molar-refractivity contribution in [3.63, 3.8) is 0 Å². The first kappa shape index (κ1) is 58.4. The second-order valence-corrected chi connectivity index (χ2v) is 19.0. The molecule has 2 heterocycles. The molecule has 2 aliphatic heterocycles. The van der Waals surface area contributed by atoms with Crippen LogP contribution in [-0.2, 0) is 56.0 Å². The molecule has 400 valence electrons.